The van der Waals surface area contributed by atoms with Crippen LogP contribution in [0.15, 0.2) is 57.6 Å². The molecule has 3 aromatic heterocycles. The third kappa shape index (κ3) is 2.86. The van der Waals surface area contributed by atoms with Crippen LogP contribution in [-0.2, 0) is 6.42 Å². The molecule has 0 aliphatic heterocycles. The first-order valence-electron chi connectivity index (χ1n) is 7.49. The second-order valence-electron chi connectivity index (χ2n) is 5.42. The zero-order valence-electron chi connectivity index (χ0n) is 12.6. The predicted octanol–water partition coefficient (Wildman–Crippen LogP) is 4.20. The SMILES string of the molecule is O=C(NCCc1ccco1)c1cc2cc3ccc(Cl)cc3nc2o1. The van der Waals surface area contributed by atoms with Gasteiger partial charge in [-0.2, -0.15) is 0 Å². The van der Waals surface area contributed by atoms with Gasteiger partial charge in [0.05, 0.1) is 11.8 Å². The lowest BCUT2D eigenvalue weighted by Crippen LogP contribution is -2.25. The van der Waals surface area contributed by atoms with E-state index in [1.165, 1.54) is 0 Å². The minimum Gasteiger partial charge on any atom is -0.469 e. The molecule has 0 saturated carbocycles. The third-order valence-corrected chi connectivity index (χ3v) is 3.96. The van der Waals surface area contributed by atoms with Crippen LogP contribution in [0.3, 0.4) is 0 Å². The van der Waals surface area contributed by atoms with Crippen molar-refractivity contribution in [2.75, 3.05) is 6.54 Å². The fourth-order valence-electron chi connectivity index (χ4n) is 2.55. The zero-order chi connectivity index (χ0) is 16.5. The fourth-order valence-corrected chi connectivity index (χ4v) is 2.72. The van der Waals surface area contributed by atoms with Gasteiger partial charge in [-0.25, -0.2) is 4.98 Å². The first-order chi connectivity index (χ1) is 11.7. The predicted molar refractivity (Wildman–Crippen MR) is 91.3 cm³/mol. The molecule has 0 radical (unpaired) electrons. The molecule has 5 nitrogen and oxygen atoms in total. The van der Waals surface area contributed by atoms with Crippen LogP contribution in [0, 0.1) is 0 Å². The third-order valence-electron chi connectivity index (χ3n) is 3.73. The number of benzene rings is 1. The maximum atomic E-state index is 12.2. The van der Waals surface area contributed by atoms with Crippen molar-refractivity contribution in [1.29, 1.82) is 0 Å². The van der Waals surface area contributed by atoms with Gasteiger partial charge in [-0.05, 0) is 36.4 Å². The number of hydrogen-bond donors (Lipinski definition) is 1. The van der Waals surface area contributed by atoms with Crippen molar-refractivity contribution in [2.24, 2.45) is 0 Å². The molecule has 6 heteroatoms. The van der Waals surface area contributed by atoms with E-state index in [0.29, 0.717) is 23.7 Å². The minimum absolute atomic E-state index is 0.235. The molecule has 0 atom stereocenters. The van der Waals surface area contributed by atoms with Gasteiger partial charge in [0.1, 0.15) is 5.76 Å². The van der Waals surface area contributed by atoms with Crippen molar-refractivity contribution in [2.45, 2.75) is 6.42 Å². The molecule has 1 aromatic carbocycles. The van der Waals surface area contributed by atoms with Gasteiger partial charge in [0, 0.05) is 28.8 Å². The lowest BCUT2D eigenvalue weighted by atomic mass is 10.2. The van der Waals surface area contributed by atoms with E-state index in [4.69, 9.17) is 20.4 Å². The van der Waals surface area contributed by atoms with Crippen LogP contribution >= 0.6 is 11.6 Å². The van der Waals surface area contributed by atoms with Gasteiger partial charge >= 0.3 is 0 Å². The first kappa shape index (κ1) is 14.8. The van der Waals surface area contributed by atoms with Crippen LogP contribution in [-0.4, -0.2) is 17.4 Å². The van der Waals surface area contributed by atoms with Crippen molar-refractivity contribution in [3.05, 3.63) is 65.3 Å². The summed E-state index contributed by atoms with van der Waals surface area (Å²) in [6, 6.07) is 12.8. The lowest BCUT2D eigenvalue weighted by Gasteiger charge is -2.00. The van der Waals surface area contributed by atoms with Crippen LogP contribution < -0.4 is 5.32 Å². The van der Waals surface area contributed by atoms with Gasteiger partial charge in [-0.1, -0.05) is 17.7 Å². The van der Waals surface area contributed by atoms with Crippen molar-refractivity contribution >= 4 is 39.5 Å². The highest BCUT2D eigenvalue weighted by Gasteiger charge is 2.13. The summed E-state index contributed by atoms with van der Waals surface area (Å²) < 4.78 is 10.8. The molecule has 0 spiro atoms. The zero-order valence-corrected chi connectivity index (χ0v) is 13.3. The van der Waals surface area contributed by atoms with E-state index in [1.54, 1.807) is 24.5 Å². The number of nitrogens with one attached hydrogen (secondary N) is 1. The second-order valence-corrected chi connectivity index (χ2v) is 5.85. The van der Waals surface area contributed by atoms with Gasteiger partial charge < -0.3 is 14.2 Å². The highest BCUT2D eigenvalue weighted by molar-refractivity contribution is 6.31. The number of fused-ring (bicyclic) bond motifs is 2. The molecule has 4 rings (SSSR count). The highest BCUT2D eigenvalue weighted by Crippen LogP contribution is 2.24. The van der Waals surface area contributed by atoms with Gasteiger partial charge in [-0.15, -0.1) is 0 Å². The van der Waals surface area contributed by atoms with Crippen molar-refractivity contribution in [1.82, 2.24) is 10.3 Å². The highest BCUT2D eigenvalue weighted by atomic mass is 35.5. The normalized spacial score (nSPS) is 11.2. The van der Waals surface area contributed by atoms with E-state index in [2.05, 4.69) is 10.3 Å². The molecule has 0 aliphatic carbocycles. The van der Waals surface area contributed by atoms with Crippen LogP contribution in [0.5, 0.6) is 0 Å². The van der Waals surface area contributed by atoms with Crippen LogP contribution in [0.25, 0.3) is 22.0 Å². The molecule has 0 aliphatic rings. The molecule has 1 N–H and O–H groups in total. The Hall–Kier alpha value is -2.79. The number of rotatable bonds is 4. The Kier molecular flexibility index (Phi) is 3.70. The number of pyridine rings is 1. The summed E-state index contributed by atoms with van der Waals surface area (Å²) in [6.45, 7) is 0.467. The summed E-state index contributed by atoms with van der Waals surface area (Å²) in [5.74, 6) is 0.782. The van der Waals surface area contributed by atoms with E-state index >= 15 is 0 Å². The number of carbonyl (C=O) groups excluding carboxylic acids is 1. The summed E-state index contributed by atoms with van der Waals surface area (Å²) >= 11 is 5.98. The van der Waals surface area contributed by atoms with E-state index in [0.717, 1.165) is 22.0 Å². The Morgan fingerprint density at radius 2 is 2.08 bits per heavy atom. The summed E-state index contributed by atoms with van der Waals surface area (Å²) in [5.41, 5.74) is 1.15. The molecule has 0 unspecified atom stereocenters. The smallest absolute Gasteiger partial charge is 0.287 e. The number of halogens is 1. The molecule has 4 aromatic rings. The maximum absolute atomic E-state index is 12.2. The Balaban J connectivity index is 1.55. The Morgan fingerprint density at radius 3 is 2.92 bits per heavy atom. The molecule has 24 heavy (non-hydrogen) atoms. The van der Waals surface area contributed by atoms with Crippen LogP contribution in [0.1, 0.15) is 16.3 Å². The van der Waals surface area contributed by atoms with E-state index < -0.39 is 0 Å². The van der Waals surface area contributed by atoms with Gasteiger partial charge in [-0.3, -0.25) is 4.79 Å². The number of carbonyl (C=O) groups is 1. The van der Waals surface area contributed by atoms with Crippen LogP contribution in [0.2, 0.25) is 5.02 Å². The average Bonchev–Trinajstić information content (AvgIpc) is 3.21. The second kappa shape index (κ2) is 6.02. The Bertz CT molecular complexity index is 1020. The summed E-state index contributed by atoms with van der Waals surface area (Å²) in [4.78, 5) is 16.6. The monoisotopic (exact) mass is 340 g/mol. The van der Waals surface area contributed by atoms with Crippen molar-refractivity contribution in [3.8, 4) is 0 Å². The average molecular weight is 341 g/mol. The number of hydrogen-bond acceptors (Lipinski definition) is 4. The molecule has 0 fully saturated rings. The number of aromatic nitrogens is 1. The van der Waals surface area contributed by atoms with Crippen molar-refractivity contribution in [3.63, 3.8) is 0 Å². The Labute approximate surface area is 142 Å². The molecular weight excluding hydrogens is 328 g/mol. The molecule has 120 valence electrons. The Morgan fingerprint density at radius 1 is 1.17 bits per heavy atom. The van der Waals surface area contributed by atoms with Gasteiger partial charge in [0.2, 0.25) is 5.71 Å². The summed E-state index contributed by atoms with van der Waals surface area (Å²) in [5, 5.41) is 5.14. The van der Waals surface area contributed by atoms with E-state index in [1.807, 2.05) is 24.3 Å². The molecule has 0 saturated heterocycles. The molecular formula is C18H13ClN2O3. The molecule has 1 amide bonds. The first-order valence-corrected chi connectivity index (χ1v) is 7.87. The maximum Gasteiger partial charge on any atom is 0.287 e. The number of nitrogens with zero attached hydrogens (tertiary/aromatic N) is 1. The molecule has 3 heterocycles. The van der Waals surface area contributed by atoms with Crippen molar-refractivity contribution < 1.29 is 13.6 Å². The lowest BCUT2D eigenvalue weighted by molar-refractivity contribution is 0.0928. The number of amides is 1. The fraction of sp³-hybridized carbons (Fsp3) is 0.111. The van der Waals surface area contributed by atoms with Crippen LogP contribution in [0.4, 0.5) is 0 Å². The van der Waals surface area contributed by atoms with E-state index in [-0.39, 0.29) is 11.7 Å². The topological polar surface area (TPSA) is 68.3 Å². The molecule has 0 bridgehead atoms. The number of furan rings is 2. The van der Waals surface area contributed by atoms with Gasteiger partial charge in [0.25, 0.3) is 5.91 Å². The van der Waals surface area contributed by atoms with E-state index in [9.17, 15) is 4.79 Å². The largest absolute Gasteiger partial charge is 0.469 e. The summed E-state index contributed by atoms with van der Waals surface area (Å²) in [7, 11) is 0. The van der Waals surface area contributed by atoms with Gasteiger partial charge in [0.15, 0.2) is 5.76 Å². The summed E-state index contributed by atoms with van der Waals surface area (Å²) in [6.07, 6.45) is 2.23. The minimum atomic E-state index is -0.276. The quantitative estimate of drug-likeness (QED) is 0.604. The standard InChI is InChI=1S/C18H13ClN2O3/c19-13-4-3-11-8-12-9-16(24-18(12)21-15(11)10-13)17(22)20-6-5-14-2-1-7-23-14/h1-4,7-10H,5-6H2,(H,20,22).